The van der Waals surface area contributed by atoms with E-state index in [-0.39, 0.29) is 11.4 Å². The third-order valence-electron chi connectivity index (χ3n) is 5.14. The molecule has 3 heteroatoms. The molecule has 3 nitrogen and oxygen atoms in total. The zero-order chi connectivity index (χ0) is 16.7. The van der Waals surface area contributed by atoms with Crippen molar-refractivity contribution < 1.29 is 9.53 Å². The van der Waals surface area contributed by atoms with Crippen LogP contribution in [0.2, 0.25) is 0 Å². The van der Waals surface area contributed by atoms with Gasteiger partial charge in [-0.25, -0.2) is 0 Å². The molecule has 0 amide bonds. The smallest absolute Gasteiger partial charge is 0.305 e. The highest BCUT2D eigenvalue weighted by Gasteiger charge is 2.45. The fraction of sp³-hybridized carbons (Fsp3) is 0.650. The Morgan fingerprint density at radius 1 is 1.26 bits per heavy atom. The molecule has 2 rings (SSSR count). The Bertz CT molecular complexity index is 480. The Kier molecular flexibility index (Phi) is 6.64. The van der Waals surface area contributed by atoms with E-state index in [1.165, 1.54) is 38.4 Å². The van der Waals surface area contributed by atoms with Crippen LogP contribution in [0.25, 0.3) is 0 Å². The van der Waals surface area contributed by atoms with Crippen molar-refractivity contribution in [1.82, 2.24) is 5.32 Å². The molecular weight excluding hydrogens is 286 g/mol. The molecule has 1 aromatic carbocycles. The molecule has 1 saturated carbocycles. The maximum Gasteiger partial charge on any atom is 0.305 e. The van der Waals surface area contributed by atoms with E-state index in [0.29, 0.717) is 18.4 Å². The molecule has 0 bridgehead atoms. The second-order valence-electron chi connectivity index (χ2n) is 7.19. The second-order valence-corrected chi connectivity index (χ2v) is 7.19. The maximum absolute atomic E-state index is 11.3. The van der Waals surface area contributed by atoms with Gasteiger partial charge in [-0.15, -0.1) is 0 Å². The normalized spacial score (nSPS) is 17.6. The molecule has 1 fully saturated rings. The zero-order valence-corrected chi connectivity index (χ0v) is 14.8. The number of nitrogens with one attached hydrogen (secondary N) is 1. The predicted octanol–water partition coefficient (Wildman–Crippen LogP) is 4.07. The first-order valence-electron chi connectivity index (χ1n) is 8.94. The van der Waals surface area contributed by atoms with Crippen LogP contribution in [0.4, 0.5) is 0 Å². The lowest BCUT2D eigenvalue weighted by atomic mass is 9.59. The minimum absolute atomic E-state index is 0.117. The quantitative estimate of drug-likeness (QED) is 0.551. The molecule has 1 aliphatic carbocycles. The summed E-state index contributed by atoms with van der Waals surface area (Å²) in [6, 6.07) is 11.4. The molecule has 1 aliphatic rings. The highest BCUT2D eigenvalue weighted by molar-refractivity contribution is 5.69. The van der Waals surface area contributed by atoms with E-state index in [1.54, 1.807) is 0 Å². The lowest BCUT2D eigenvalue weighted by molar-refractivity contribution is -0.140. The van der Waals surface area contributed by atoms with Crippen molar-refractivity contribution >= 4 is 5.97 Å². The van der Waals surface area contributed by atoms with Crippen LogP contribution >= 0.6 is 0 Å². The van der Waals surface area contributed by atoms with E-state index in [9.17, 15) is 4.79 Å². The summed E-state index contributed by atoms with van der Waals surface area (Å²) in [6.45, 7) is 5.46. The lowest BCUT2D eigenvalue weighted by Crippen LogP contribution is -2.53. The molecule has 23 heavy (non-hydrogen) atoms. The summed E-state index contributed by atoms with van der Waals surface area (Å²) in [5, 5.41) is 3.76. The third kappa shape index (κ3) is 4.57. The Morgan fingerprint density at radius 3 is 2.48 bits per heavy atom. The number of ether oxygens (including phenoxy) is 1. The molecule has 0 aromatic heterocycles. The highest BCUT2D eigenvalue weighted by atomic mass is 16.5. The van der Waals surface area contributed by atoms with Crippen molar-refractivity contribution in [2.45, 2.75) is 63.8 Å². The lowest BCUT2D eigenvalue weighted by Gasteiger charge is -2.49. The highest BCUT2D eigenvalue weighted by Crippen LogP contribution is 2.47. The molecule has 1 unspecified atom stereocenters. The fourth-order valence-electron chi connectivity index (χ4n) is 3.75. The van der Waals surface area contributed by atoms with Crippen LogP contribution < -0.4 is 5.32 Å². The van der Waals surface area contributed by atoms with Crippen molar-refractivity contribution in [2.75, 3.05) is 13.7 Å². The maximum atomic E-state index is 11.3. The average Bonchev–Trinajstić information content (AvgIpc) is 2.50. The molecule has 1 N–H and O–H groups in total. The van der Waals surface area contributed by atoms with Crippen molar-refractivity contribution in [2.24, 2.45) is 5.92 Å². The number of esters is 1. The topological polar surface area (TPSA) is 38.3 Å². The molecule has 128 valence electrons. The Hall–Kier alpha value is -1.35. The van der Waals surface area contributed by atoms with Crippen LogP contribution in [-0.2, 0) is 14.9 Å². The van der Waals surface area contributed by atoms with Crippen molar-refractivity contribution in [3.8, 4) is 0 Å². The first-order valence-corrected chi connectivity index (χ1v) is 8.94. The van der Waals surface area contributed by atoms with Gasteiger partial charge < -0.3 is 10.1 Å². The van der Waals surface area contributed by atoms with Crippen LogP contribution in [0.1, 0.15) is 57.9 Å². The number of benzene rings is 1. The van der Waals surface area contributed by atoms with E-state index < -0.39 is 0 Å². The first kappa shape index (κ1) is 18.0. The summed E-state index contributed by atoms with van der Waals surface area (Å²) in [4.78, 5) is 11.3. The summed E-state index contributed by atoms with van der Waals surface area (Å²) in [6.07, 6.45) is 6.35. The summed E-state index contributed by atoms with van der Waals surface area (Å²) < 4.78 is 4.72. The standard InChI is InChI=1S/C20H31NO2/c1-16(2)15-18(21-14-7-11-19(22)23-3)20(12-8-13-20)17-9-5-4-6-10-17/h4-6,9-10,16,18,21H,7-8,11-15H2,1-3H3. The summed E-state index contributed by atoms with van der Waals surface area (Å²) >= 11 is 0. The summed E-state index contributed by atoms with van der Waals surface area (Å²) in [5.41, 5.74) is 1.74. The molecule has 0 radical (unpaired) electrons. The molecule has 0 aliphatic heterocycles. The van der Waals surface area contributed by atoms with Crippen LogP contribution in [-0.4, -0.2) is 25.7 Å². The molecule has 1 atom stereocenters. The van der Waals surface area contributed by atoms with Crippen LogP contribution in [0.3, 0.4) is 0 Å². The fourth-order valence-corrected chi connectivity index (χ4v) is 3.75. The number of rotatable bonds is 9. The van der Waals surface area contributed by atoms with Gasteiger partial charge in [-0.3, -0.25) is 4.79 Å². The Balaban J connectivity index is 2.03. The van der Waals surface area contributed by atoms with Crippen LogP contribution in [0.5, 0.6) is 0 Å². The number of hydrogen-bond donors (Lipinski definition) is 1. The molecular formula is C20H31NO2. The SMILES string of the molecule is COC(=O)CCCNC(CC(C)C)C1(c2ccccc2)CCC1. The first-order chi connectivity index (χ1) is 11.1. The van der Waals surface area contributed by atoms with Gasteiger partial charge in [-0.1, -0.05) is 50.6 Å². The van der Waals surface area contributed by atoms with E-state index >= 15 is 0 Å². The van der Waals surface area contributed by atoms with Gasteiger partial charge in [0.25, 0.3) is 0 Å². The summed E-state index contributed by atoms with van der Waals surface area (Å²) in [7, 11) is 1.45. The molecule has 1 aromatic rings. The van der Waals surface area contributed by atoms with E-state index in [4.69, 9.17) is 4.74 Å². The van der Waals surface area contributed by atoms with Gasteiger partial charge in [-0.2, -0.15) is 0 Å². The van der Waals surface area contributed by atoms with Gasteiger partial charge in [0.2, 0.25) is 0 Å². The molecule has 0 heterocycles. The molecule has 0 spiro atoms. The average molecular weight is 317 g/mol. The van der Waals surface area contributed by atoms with Gasteiger partial charge in [0.05, 0.1) is 7.11 Å². The van der Waals surface area contributed by atoms with Crippen molar-refractivity contribution in [1.29, 1.82) is 0 Å². The number of carbonyl (C=O) groups excluding carboxylic acids is 1. The third-order valence-corrected chi connectivity index (χ3v) is 5.14. The van der Waals surface area contributed by atoms with Crippen molar-refractivity contribution in [3.63, 3.8) is 0 Å². The Morgan fingerprint density at radius 2 is 1.96 bits per heavy atom. The van der Waals surface area contributed by atoms with E-state index in [1.807, 2.05) is 0 Å². The minimum atomic E-state index is -0.117. The second kappa shape index (κ2) is 8.49. The van der Waals surface area contributed by atoms with Gasteiger partial charge in [-0.05, 0) is 43.7 Å². The number of hydrogen-bond acceptors (Lipinski definition) is 3. The Labute approximate surface area is 140 Å². The van der Waals surface area contributed by atoms with Gasteiger partial charge in [0, 0.05) is 17.9 Å². The number of carbonyl (C=O) groups is 1. The van der Waals surface area contributed by atoms with Crippen LogP contribution in [0.15, 0.2) is 30.3 Å². The van der Waals surface area contributed by atoms with Crippen molar-refractivity contribution in [3.05, 3.63) is 35.9 Å². The zero-order valence-electron chi connectivity index (χ0n) is 14.8. The number of methoxy groups -OCH3 is 1. The van der Waals surface area contributed by atoms with E-state index in [0.717, 1.165) is 13.0 Å². The largest absolute Gasteiger partial charge is 0.469 e. The predicted molar refractivity (Wildman–Crippen MR) is 94.5 cm³/mol. The van der Waals surface area contributed by atoms with Gasteiger partial charge >= 0.3 is 5.97 Å². The monoisotopic (exact) mass is 317 g/mol. The van der Waals surface area contributed by atoms with Crippen LogP contribution in [0, 0.1) is 5.92 Å². The minimum Gasteiger partial charge on any atom is -0.469 e. The van der Waals surface area contributed by atoms with Gasteiger partial charge in [0.1, 0.15) is 0 Å². The molecule has 0 saturated heterocycles. The van der Waals surface area contributed by atoms with Gasteiger partial charge in [0.15, 0.2) is 0 Å². The van der Waals surface area contributed by atoms with E-state index in [2.05, 4.69) is 49.5 Å². The summed E-state index contributed by atoms with van der Waals surface area (Å²) in [5.74, 6) is 0.544.